The summed E-state index contributed by atoms with van der Waals surface area (Å²) >= 11 is 0. The zero-order valence-electron chi connectivity index (χ0n) is 16.9. The quantitative estimate of drug-likeness (QED) is 0.606. The van der Waals surface area contributed by atoms with Gasteiger partial charge in [-0.25, -0.2) is 0 Å². The van der Waals surface area contributed by atoms with Crippen LogP contribution >= 0.6 is 0 Å². The van der Waals surface area contributed by atoms with Gasteiger partial charge in [0.15, 0.2) is 0 Å². The molecule has 0 aromatic heterocycles. The van der Waals surface area contributed by atoms with Crippen LogP contribution in [-0.2, 0) is 19.1 Å². The van der Waals surface area contributed by atoms with Crippen molar-refractivity contribution in [2.45, 2.75) is 76.4 Å². The van der Waals surface area contributed by atoms with E-state index in [-0.39, 0.29) is 30.8 Å². The molecule has 1 unspecified atom stereocenters. The number of rotatable bonds is 8. The van der Waals surface area contributed by atoms with Crippen LogP contribution in [0, 0.1) is 5.92 Å². The monoisotopic (exact) mass is 380 g/mol. The third-order valence-electron chi connectivity index (χ3n) is 6.54. The molecule has 27 heavy (non-hydrogen) atoms. The van der Waals surface area contributed by atoms with Gasteiger partial charge in [-0.15, -0.1) is 0 Å². The van der Waals surface area contributed by atoms with Crippen molar-refractivity contribution in [1.29, 1.82) is 0 Å². The van der Waals surface area contributed by atoms with Crippen molar-refractivity contribution in [2.24, 2.45) is 5.92 Å². The largest absolute Gasteiger partial charge is 0.469 e. The summed E-state index contributed by atoms with van der Waals surface area (Å²) in [5.74, 6) is 0.311. The van der Waals surface area contributed by atoms with Gasteiger partial charge >= 0.3 is 5.97 Å². The van der Waals surface area contributed by atoms with Gasteiger partial charge in [0.05, 0.1) is 19.6 Å². The van der Waals surface area contributed by atoms with Crippen molar-refractivity contribution in [3.8, 4) is 0 Å². The second-order valence-electron chi connectivity index (χ2n) is 8.43. The van der Waals surface area contributed by atoms with E-state index in [1.807, 2.05) is 4.90 Å². The number of esters is 1. The summed E-state index contributed by atoms with van der Waals surface area (Å²) in [6, 6.07) is 0.802. The Balaban J connectivity index is 1.49. The Morgan fingerprint density at radius 3 is 2.37 bits per heavy atom. The highest BCUT2D eigenvalue weighted by Crippen LogP contribution is 2.28. The first-order chi connectivity index (χ1) is 13.2. The second kappa shape index (κ2) is 10.4. The Morgan fingerprint density at radius 2 is 1.74 bits per heavy atom. The summed E-state index contributed by atoms with van der Waals surface area (Å²) in [5.41, 5.74) is 0. The Bertz CT molecular complexity index is 479. The van der Waals surface area contributed by atoms with E-state index in [4.69, 9.17) is 4.74 Å². The third kappa shape index (κ3) is 6.18. The SMILES string of the molecule is COC(=O)CCC(=O)N(CC1CCN(C2CCCC2)CC1)CC1CCCO1. The summed E-state index contributed by atoms with van der Waals surface area (Å²) in [5, 5.41) is 0. The lowest BCUT2D eigenvalue weighted by molar-refractivity contribution is -0.144. The maximum absolute atomic E-state index is 12.8. The molecular weight excluding hydrogens is 344 g/mol. The number of nitrogens with zero attached hydrogens (tertiary/aromatic N) is 2. The molecule has 3 aliphatic rings. The Hall–Kier alpha value is -1.14. The number of carbonyl (C=O) groups is 2. The molecule has 6 heteroatoms. The molecule has 3 fully saturated rings. The van der Waals surface area contributed by atoms with E-state index in [0.717, 1.165) is 32.0 Å². The fraction of sp³-hybridized carbons (Fsp3) is 0.905. The van der Waals surface area contributed by atoms with Crippen LogP contribution in [0.3, 0.4) is 0 Å². The molecule has 6 nitrogen and oxygen atoms in total. The van der Waals surface area contributed by atoms with Crippen LogP contribution in [0.25, 0.3) is 0 Å². The van der Waals surface area contributed by atoms with Crippen molar-refractivity contribution in [3.63, 3.8) is 0 Å². The third-order valence-corrected chi connectivity index (χ3v) is 6.54. The summed E-state index contributed by atoms with van der Waals surface area (Å²) in [7, 11) is 1.37. The van der Waals surface area contributed by atoms with Crippen LogP contribution in [0.1, 0.15) is 64.2 Å². The molecule has 2 aliphatic heterocycles. The van der Waals surface area contributed by atoms with Crippen LogP contribution < -0.4 is 0 Å². The van der Waals surface area contributed by atoms with Gasteiger partial charge in [0.25, 0.3) is 0 Å². The number of likely N-dealkylation sites (tertiary alicyclic amines) is 1. The fourth-order valence-electron chi connectivity index (χ4n) is 4.86. The molecular formula is C21H36N2O4. The van der Waals surface area contributed by atoms with Gasteiger partial charge in [0, 0.05) is 32.2 Å². The standard InChI is InChI=1S/C21H36N2O4/c1-26-21(25)9-8-20(24)23(16-19-7-4-14-27-19)15-17-10-12-22(13-11-17)18-5-2-3-6-18/h17-19H,2-16H2,1H3. The number of ether oxygens (including phenoxy) is 2. The maximum atomic E-state index is 12.8. The van der Waals surface area contributed by atoms with Gasteiger partial charge in [0.1, 0.15) is 0 Å². The van der Waals surface area contributed by atoms with Crippen molar-refractivity contribution < 1.29 is 19.1 Å². The van der Waals surface area contributed by atoms with Crippen molar-refractivity contribution in [2.75, 3.05) is 39.9 Å². The van der Waals surface area contributed by atoms with Crippen LogP contribution in [-0.4, -0.2) is 73.7 Å². The van der Waals surface area contributed by atoms with E-state index in [1.165, 1.54) is 58.7 Å². The molecule has 0 radical (unpaired) electrons. The summed E-state index contributed by atoms with van der Waals surface area (Å²) in [6.07, 6.45) is 10.5. The maximum Gasteiger partial charge on any atom is 0.306 e. The molecule has 1 saturated carbocycles. The van der Waals surface area contributed by atoms with Crippen LogP contribution in [0.2, 0.25) is 0 Å². The summed E-state index contributed by atoms with van der Waals surface area (Å²) in [4.78, 5) is 28.8. The first-order valence-electron chi connectivity index (χ1n) is 10.9. The minimum Gasteiger partial charge on any atom is -0.469 e. The van der Waals surface area contributed by atoms with Crippen molar-refractivity contribution >= 4 is 11.9 Å². The first-order valence-corrected chi connectivity index (χ1v) is 10.9. The van der Waals surface area contributed by atoms with E-state index in [9.17, 15) is 9.59 Å². The van der Waals surface area contributed by atoms with E-state index in [0.29, 0.717) is 12.5 Å². The zero-order valence-corrected chi connectivity index (χ0v) is 16.9. The second-order valence-corrected chi connectivity index (χ2v) is 8.43. The molecule has 1 atom stereocenters. The molecule has 0 aromatic carbocycles. The van der Waals surface area contributed by atoms with E-state index >= 15 is 0 Å². The Kier molecular flexibility index (Phi) is 7.94. The van der Waals surface area contributed by atoms with E-state index in [1.54, 1.807) is 0 Å². The number of hydrogen-bond acceptors (Lipinski definition) is 5. The minimum atomic E-state index is -0.315. The Morgan fingerprint density at radius 1 is 1.00 bits per heavy atom. The predicted molar refractivity (Wildman–Crippen MR) is 103 cm³/mol. The van der Waals surface area contributed by atoms with Gasteiger partial charge in [-0.3, -0.25) is 9.59 Å². The molecule has 1 aliphatic carbocycles. The van der Waals surface area contributed by atoms with Crippen LogP contribution in [0.5, 0.6) is 0 Å². The lowest BCUT2D eigenvalue weighted by Crippen LogP contribution is -2.45. The van der Waals surface area contributed by atoms with Gasteiger partial charge in [-0.1, -0.05) is 12.8 Å². The van der Waals surface area contributed by atoms with Crippen molar-refractivity contribution in [3.05, 3.63) is 0 Å². The normalized spacial score (nSPS) is 25.0. The molecule has 154 valence electrons. The number of piperidine rings is 1. The fourth-order valence-corrected chi connectivity index (χ4v) is 4.86. The topological polar surface area (TPSA) is 59.1 Å². The first kappa shape index (κ1) is 20.6. The number of hydrogen-bond donors (Lipinski definition) is 0. The summed E-state index contributed by atoms with van der Waals surface area (Å²) < 4.78 is 10.4. The lowest BCUT2D eigenvalue weighted by Gasteiger charge is -2.38. The van der Waals surface area contributed by atoms with Crippen molar-refractivity contribution in [1.82, 2.24) is 9.80 Å². The highest BCUT2D eigenvalue weighted by atomic mass is 16.5. The highest BCUT2D eigenvalue weighted by Gasteiger charge is 2.30. The van der Waals surface area contributed by atoms with Gasteiger partial charge in [-0.2, -0.15) is 0 Å². The molecule has 0 aromatic rings. The van der Waals surface area contributed by atoms with E-state index in [2.05, 4.69) is 9.64 Å². The van der Waals surface area contributed by atoms with Gasteiger partial charge < -0.3 is 19.3 Å². The molecule has 0 N–H and O–H groups in total. The highest BCUT2D eigenvalue weighted by molar-refractivity contribution is 5.81. The molecule has 3 rings (SSSR count). The average molecular weight is 381 g/mol. The average Bonchev–Trinajstić information content (AvgIpc) is 3.40. The van der Waals surface area contributed by atoms with Crippen LogP contribution in [0.4, 0.5) is 0 Å². The van der Waals surface area contributed by atoms with E-state index < -0.39 is 0 Å². The summed E-state index contributed by atoms with van der Waals surface area (Å²) in [6.45, 7) is 4.61. The molecule has 1 amide bonds. The predicted octanol–water partition coefficient (Wildman–Crippen LogP) is 2.60. The number of amides is 1. The molecule has 0 spiro atoms. The smallest absolute Gasteiger partial charge is 0.306 e. The molecule has 2 heterocycles. The lowest BCUT2D eigenvalue weighted by atomic mass is 9.94. The van der Waals surface area contributed by atoms with Gasteiger partial charge in [0.2, 0.25) is 5.91 Å². The number of methoxy groups -OCH3 is 1. The van der Waals surface area contributed by atoms with Gasteiger partial charge in [-0.05, 0) is 57.5 Å². The zero-order chi connectivity index (χ0) is 19.1. The Labute approximate surface area is 163 Å². The molecule has 0 bridgehead atoms. The minimum absolute atomic E-state index is 0.0640. The molecule has 2 saturated heterocycles. The number of carbonyl (C=O) groups excluding carboxylic acids is 2. The van der Waals surface area contributed by atoms with Crippen LogP contribution in [0.15, 0.2) is 0 Å².